The lowest BCUT2D eigenvalue weighted by molar-refractivity contribution is -0.177. The predicted octanol–water partition coefficient (Wildman–Crippen LogP) is 0.717. The van der Waals surface area contributed by atoms with Crippen LogP contribution in [-0.2, 0) is 28.6 Å². The molecule has 8 nitrogen and oxygen atoms in total. The smallest absolute Gasteiger partial charge is 0.339 e. The Hall–Kier alpha value is -2.14. The molecule has 0 aliphatic heterocycles. The molecular formula is C14H23NO7. The van der Waals surface area contributed by atoms with E-state index in [-0.39, 0.29) is 19.8 Å². The molecule has 8 heteroatoms. The van der Waals surface area contributed by atoms with Gasteiger partial charge >= 0.3 is 17.9 Å². The van der Waals surface area contributed by atoms with E-state index in [0.29, 0.717) is 0 Å². The first-order chi connectivity index (χ1) is 10.3. The van der Waals surface area contributed by atoms with Gasteiger partial charge in [-0.25, -0.2) is 4.79 Å². The molecule has 0 atom stereocenters. The van der Waals surface area contributed by atoms with Gasteiger partial charge in [-0.2, -0.15) is 5.26 Å². The molecule has 22 heavy (non-hydrogen) atoms. The van der Waals surface area contributed by atoms with Crippen molar-refractivity contribution in [2.75, 3.05) is 19.8 Å². The SMILES string of the molecule is CC#N.CCOC(=O)CC(O)(CC(=O)OCC)C(=O)OCC. The van der Waals surface area contributed by atoms with Crippen LogP contribution in [0.1, 0.15) is 40.5 Å². The van der Waals surface area contributed by atoms with Crippen molar-refractivity contribution < 1.29 is 33.7 Å². The number of carbonyl (C=O) groups is 3. The lowest BCUT2D eigenvalue weighted by Crippen LogP contribution is -2.44. The van der Waals surface area contributed by atoms with Crippen molar-refractivity contribution in [2.24, 2.45) is 0 Å². The minimum Gasteiger partial charge on any atom is -0.466 e. The highest BCUT2D eigenvalue weighted by molar-refractivity contribution is 5.90. The normalized spacial score (nSPS) is 9.64. The Morgan fingerprint density at radius 3 is 1.55 bits per heavy atom. The Labute approximate surface area is 130 Å². The first kappa shape index (κ1) is 22.1. The molecule has 0 fully saturated rings. The third kappa shape index (κ3) is 9.72. The molecule has 0 radical (unpaired) electrons. The summed E-state index contributed by atoms with van der Waals surface area (Å²) in [5.74, 6) is -2.62. The Morgan fingerprint density at radius 2 is 1.27 bits per heavy atom. The molecule has 0 aromatic rings. The molecule has 1 N–H and O–H groups in total. The Bertz CT molecular complexity index is 380. The van der Waals surface area contributed by atoms with Crippen LogP contribution in [0.2, 0.25) is 0 Å². The fourth-order valence-corrected chi connectivity index (χ4v) is 1.37. The first-order valence-corrected chi connectivity index (χ1v) is 6.82. The maximum Gasteiger partial charge on any atom is 0.339 e. The van der Waals surface area contributed by atoms with Crippen LogP contribution in [0.15, 0.2) is 0 Å². The van der Waals surface area contributed by atoms with E-state index < -0.39 is 36.4 Å². The van der Waals surface area contributed by atoms with Crippen LogP contribution in [0.5, 0.6) is 0 Å². The van der Waals surface area contributed by atoms with Gasteiger partial charge in [0.1, 0.15) is 0 Å². The summed E-state index contributed by atoms with van der Waals surface area (Å²) >= 11 is 0. The summed E-state index contributed by atoms with van der Waals surface area (Å²) in [6.45, 7) is 6.40. The lowest BCUT2D eigenvalue weighted by atomic mass is 9.95. The third-order valence-corrected chi connectivity index (χ3v) is 2.14. The zero-order valence-corrected chi connectivity index (χ0v) is 13.4. The standard InChI is InChI=1S/C12H20O7.C2H3N/c1-4-17-9(13)7-12(16,11(15)19-6-3)8-10(14)18-5-2;1-2-3/h16H,4-8H2,1-3H3;1H3. The molecule has 0 bridgehead atoms. The van der Waals surface area contributed by atoms with Gasteiger partial charge in [-0.3, -0.25) is 9.59 Å². The zero-order valence-electron chi connectivity index (χ0n) is 13.4. The van der Waals surface area contributed by atoms with Crippen LogP contribution in [0, 0.1) is 11.3 Å². The molecule has 0 aromatic heterocycles. The Balaban J connectivity index is 0. The summed E-state index contributed by atoms with van der Waals surface area (Å²) in [6.07, 6.45) is -1.31. The van der Waals surface area contributed by atoms with Crippen molar-refractivity contribution in [2.45, 2.75) is 46.1 Å². The van der Waals surface area contributed by atoms with Gasteiger partial charge in [0.2, 0.25) is 0 Å². The van der Waals surface area contributed by atoms with Crippen LogP contribution in [0.4, 0.5) is 0 Å². The fraction of sp³-hybridized carbons (Fsp3) is 0.714. The molecule has 0 amide bonds. The molecule has 0 saturated carbocycles. The summed E-state index contributed by atoms with van der Waals surface area (Å²) in [5, 5.41) is 17.4. The van der Waals surface area contributed by atoms with Gasteiger partial charge in [0.05, 0.1) is 38.7 Å². The summed E-state index contributed by atoms with van der Waals surface area (Å²) < 4.78 is 14.0. The Morgan fingerprint density at radius 1 is 0.955 bits per heavy atom. The van der Waals surface area contributed by atoms with E-state index in [1.54, 1.807) is 26.8 Å². The Kier molecular flexibility index (Phi) is 12.7. The fourth-order valence-electron chi connectivity index (χ4n) is 1.37. The maximum absolute atomic E-state index is 11.7. The van der Waals surface area contributed by atoms with Crippen molar-refractivity contribution >= 4 is 17.9 Å². The van der Waals surface area contributed by atoms with Crippen molar-refractivity contribution in [3.63, 3.8) is 0 Å². The average Bonchev–Trinajstić information content (AvgIpc) is 2.39. The molecule has 0 saturated heterocycles. The zero-order chi connectivity index (χ0) is 17.6. The highest BCUT2D eigenvalue weighted by Crippen LogP contribution is 2.19. The number of ether oxygens (including phenoxy) is 3. The number of carbonyl (C=O) groups excluding carboxylic acids is 3. The van der Waals surface area contributed by atoms with E-state index in [2.05, 4.69) is 14.2 Å². The summed E-state index contributed by atoms with van der Waals surface area (Å²) in [6, 6.07) is 1.75. The highest BCUT2D eigenvalue weighted by Gasteiger charge is 2.43. The molecule has 0 unspecified atom stereocenters. The van der Waals surface area contributed by atoms with E-state index >= 15 is 0 Å². The molecule has 0 aromatic carbocycles. The number of rotatable bonds is 8. The van der Waals surface area contributed by atoms with Gasteiger partial charge < -0.3 is 19.3 Å². The van der Waals surface area contributed by atoms with Crippen LogP contribution in [0.25, 0.3) is 0 Å². The molecule has 0 rings (SSSR count). The third-order valence-electron chi connectivity index (χ3n) is 2.14. The maximum atomic E-state index is 11.7. The lowest BCUT2D eigenvalue weighted by Gasteiger charge is -2.23. The molecule has 0 heterocycles. The minimum absolute atomic E-state index is 0.0206. The van der Waals surface area contributed by atoms with Crippen molar-refractivity contribution in [3.8, 4) is 6.07 Å². The van der Waals surface area contributed by atoms with Crippen LogP contribution < -0.4 is 0 Å². The summed E-state index contributed by atoms with van der Waals surface area (Å²) in [7, 11) is 0. The van der Waals surface area contributed by atoms with E-state index in [1.807, 2.05) is 0 Å². The molecular weight excluding hydrogens is 294 g/mol. The number of nitriles is 1. The quantitative estimate of drug-likeness (QED) is 0.513. The van der Waals surface area contributed by atoms with Gasteiger partial charge in [0.25, 0.3) is 0 Å². The van der Waals surface area contributed by atoms with Crippen molar-refractivity contribution in [3.05, 3.63) is 0 Å². The van der Waals surface area contributed by atoms with Crippen LogP contribution in [0.3, 0.4) is 0 Å². The van der Waals surface area contributed by atoms with Gasteiger partial charge in [-0.15, -0.1) is 0 Å². The van der Waals surface area contributed by atoms with Crippen LogP contribution in [-0.4, -0.2) is 48.4 Å². The highest BCUT2D eigenvalue weighted by atomic mass is 16.6. The van der Waals surface area contributed by atoms with Crippen LogP contribution >= 0.6 is 0 Å². The largest absolute Gasteiger partial charge is 0.466 e. The topological polar surface area (TPSA) is 123 Å². The number of esters is 3. The van der Waals surface area contributed by atoms with E-state index in [9.17, 15) is 19.5 Å². The van der Waals surface area contributed by atoms with Gasteiger partial charge in [0, 0.05) is 6.92 Å². The van der Waals surface area contributed by atoms with Gasteiger partial charge in [-0.1, -0.05) is 0 Å². The average molecular weight is 317 g/mol. The number of hydrogen-bond acceptors (Lipinski definition) is 8. The van der Waals surface area contributed by atoms with Gasteiger partial charge in [0.15, 0.2) is 5.60 Å². The summed E-state index contributed by atoms with van der Waals surface area (Å²) in [5.41, 5.74) is -2.26. The summed E-state index contributed by atoms with van der Waals surface area (Å²) in [4.78, 5) is 34.4. The predicted molar refractivity (Wildman–Crippen MR) is 75.4 cm³/mol. The van der Waals surface area contributed by atoms with E-state index in [1.165, 1.54) is 6.92 Å². The molecule has 126 valence electrons. The van der Waals surface area contributed by atoms with Crippen molar-refractivity contribution in [1.29, 1.82) is 5.26 Å². The van der Waals surface area contributed by atoms with E-state index in [0.717, 1.165) is 0 Å². The molecule has 0 spiro atoms. The second-order valence-electron chi connectivity index (χ2n) is 3.94. The molecule has 0 aliphatic rings. The van der Waals surface area contributed by atoms with Crippen molar-refractivity contribution in [1.82, 2.24) is 0 Å². The second-order valence-corrected chi connectivity index (χ2v) is 3.94. The first-order valence-electron chi connectivity index (χ1n) is 6.82. The minimum atomic E-state index is -2.26. The number of aliphatic hydroxyl groups is 1. The van der Waals surface area contributed by atoms with Gasteiger partial charge in [-0.05, 0) is 20.8 Å². The molecule has 0 aliphatic carbocycles. The second kappa shape index (κ2) is 12.6. The van der Waals surface area contributed by atoms with E-state index in [4.69, 9.17) is 5.26 Å². The number of nitrogens with zero attached hydrogens (tertiary/aromatic N) is 1. The number of hydrogen-bond donors (Lipinski definition) is 1. The monoisotopic (exact) mass is 317 g/mol.